The van der Waals surface area contributed by atoms with Gasteiger partial charge in [0.1, 0.15) is 17.4 Å². The van der Waals surface area contributed by atoms with E-state index in [1.54, 1.807) is 46.8 Å². The molecule has 0 saturated carbocycles. The summed E-state index contributed by atoms with van der Waals surface area (Å²) in [6.45, 7) is 8.51. The van der Waals surface area contributed by atoms with E-state index in [1.807, 2.05) is 0 Å². The number of ether oxygens (including phenoxy) is 1. The highest BCUT2D eigenvalue weighted by Crippen LogP contribution is 2.29. The van der Waals surface area contributed by atoms with Gasteiger partial charge in [0.05, 0.1) is 0 Å². The second-order valence-electron chi connectivity index (χ2n) is 6.69. The smallest absolute Gasteiger partial charge is 0.408 e. The summed E-state index contributed by atoms with van der Waals surface area (Å²) in [6, 6.07) is 5.03. The van der Waals surface area contributed by atoms with E-state index in [4.69, 9.17) is 4.74 Å². The molecule has 0 saturated heterocycles. The van der Waals surface area contributed by atoms with Crippen LogP contribution in [0.15, 0.2) is 24.3 Å². The second-order valence-corrected chi connectivity index (χ2v) is 6.69. The standard InChI is InChI=1S/C16H23NO5/c1-15(2,3)22-14(21)17-12(13(19)20)16(4,5)10-6-8-11(18)9-7-10/h6-9,12,18H,1-5H3,(H,17,21)(H,19,20). The molecule has 0 aliphatic heterocycles. The zero-order valence-corrected chi connectivity index (χ0v) is 13.5. The summed E-state index contributed by atoms with van der Waals surface area (Å²) < 4.78 is 5.12. The highest BCUT2D eigenvalue weighted by Gasteiger charge is 2.38. The van der Waals surface area contributed by atoms with Crippen LogP contribution in [-0.4, -0.2) is 33.9 Å². The van der Waals surface area contributed by atoms with Crippen LogP contribution in [0.3, 0.4) is 0 Å². The average Bonchev–Trinajstić information content (AvgIpc) is 2.33. The Morgan fingerprint density at radius 2 is 1.59 bits per heavy atom. The molecule has 0 spiro atoms. The Morgan fingerprint density at radius 1 is 1.09 bits per heavy atom. The predicted molar refractivity (Wildman–Crippen MR) is 81.9 cm³/mol. The Bertz CT molecular complexity index is 543. The SMILES string of the molecule is CC(C)(C)OC(=O)NC(C(=O)O)C(C)(C)c1ccc(O)cc1. The molecule has 0 aliphatic rings. The third-order valence-corrected chi connectivity index (χ3v) is 3.24. The Kier molecular flexibility index (Phi) is 5.06. The number of rotatable bonds is 4. The van der Waals surface area contributed by atoms with Crippen molar-refractivity contribution < 1.29 is 24.5 Å². The van der Waals surface area contributed by atoms with E-state index in [-0.39, 0.29) is 5.75 Å². The molecule has 0 heterocycles. The third-order valence-electron chi connectivity index (χ3n) is 3.24. The van der Waals surface area contributed by atoms with Crippen LogP contribution in [0.25, 0.3) is 0 Å². The topological polar surface area (TPSA) is 95.9 Å². The van der Waals surface area contributed by atoms with Gasteiger partial charge in [-0.05, 0) is 38.5 Å². The van der Waals surface area contributed by atoms with Crippen LogP contribution >= 0.6 is 0 Å². The number of phenols is 1. The van der Waals surface area contributed by atoms with Crippen molar-refractivity contribution in [2.75, 3.05) is 0 Å². The van der Waals surface area contributed by atoms with Gasteiger partial charge in [-0.15, -0.1) is 0 Å². The molecule has 1 amide bonds. The number of carbonyl (C=O) groups excluding carboxylic acids is 1. The minimum Gasteiger partial charge on any atom is -0.508 e. The van der Waals surface area contributed by atoms with E-state index < -0.39 is 29.1 Å². The molecule has 6 heteroatoms. The minimum atomic E-state index is -1.17. The van der Waals surface area contributed by atoms with E-state index in [0.717, 1.165) is 0 Å². The summed E-state index contributed by atoms with van der Waals surface area (Å²) in [5.41, 5.74) is -0.930. The van der Waals surface area contributed by atoms with Crippen LogP contribution in [0.4, 0.5) is 4.79 Å². The van der Waals surface area contributed by atoms with Crippen molar-refractivity contribution in [3.8, 4) is 5.75 Å². The Labute approximate surface area is 130 Å². The molecule has 1 atom stereocenters. The van der Waals surface area contributed by atoms with Gasteiger partial charge in [-0.2, -0.15) is 0 Å². The summed E-state index contributed by atoms with van der Waals surface area (Å²) in [5.74, 6) is -1.07. The van der Waals surface area contributed by atoms with E-state index in [2.05, 4.69) is 5.32 Å². The van der Waals surface area contributed by atoms with E-state index >= 15 is 0 Å². The van der Waals surface area contributed by atoms with Gasteiger partial charge < -0.3 is 20.3 Å². The van der Waals surface area contributed by atoms with Crippen LogP contribution in [0, 0.1) is 0 Å². The second kappa shape index (κ2) is 6.25. The van der Waals surface area contributed by atoms with Crippen molar-refractivity contribution in [2.24, 2.45) is 0 Å². The van der Waals surface area contributed by atoms with Crippen LogP contribution < -0.4 is 5.32 Å². The van der Waals surface area contributed by atoms with Gasteiger partial charge in [-0.3, -0.25) is 0 Å². The Balaban J connectivity index is 3.01. The fourth-order valence-electron chi connectivity index (χ4n) is 2.03. The van der Waals surface area contributed by atoms with Crippen molar-refractivity contribution >= 4 is 12.1 Å². The summed E-state index contributed by atoms with van der Waals surface area (Å²) in [4.78, 5) is 23.4. The molecule has 0 radical (unpaired) electrons. The summed E-state index contributed by atoms with van der Waals surface area (Å²) in [7, 11) is 0. The van der Waals surface area contributed by atoms with E-state index in [1.165, 1.54) is 12.1 Å². The number of carboxylic acids is 1. The van der Waals surface area contributed by atoms with Gasteiger partial charge in [-0.25, -0.2) is 9.59 Å². The van der Waals surface area contributed by atoms with Crippen LogP contribution in [0.1, 0.15) is 40.2 Å². The highest BCUT2D eigenvalue weighted by molar-refractivity contribution is 5.82. The first-order chi connectivity index (χ1) is 9.93. The van der Waals surface area contributed by atoms with E-state index in [9.17, 15) is 19.8 Å². The van der Waals surface area contributed by atoms with Crippen LogP contribution in [0.2, 0.25) is 0 Å². The Hall–Kier alpha value is -2.24. The molecule has 1 unspecified atom stereocenters. The normalized spacial score (nSPS) is 13.3. The van der Waals surface area contributed by atoms with Gasteiger partial charge in [-0.1, -0.05) is 26.0 Å². The quantitative estimate of drug-likeness (QED) is 0.794. The molecule has 0 aromatic heterocycles. The largest absolute Gasteiger partial charge is 0.508 e. The van der Waals surface area contributed by atoms with E-state index in [0.29, 0.717) is 5.56 Å². The zero-order chi connectivity index (χ0) is 17.1. The number of aliphatic carboxylic acids is 1. The number of benzene rings is 1. The number of hydrogen-bond donors (Lipinski definition) is 3. The number of amides is 1. The predicted octanol–water partition coefficient (Wildman–Crippen LogP) is 2.65. The molecule has 1 rings (SSSR count). The minimum absolute atomic E-state index is 0.0894. The first-order valence-electron chi connectivity index (χ1n) is 6.95. The van der Waals surface area contributed by atoms with Gasteiger partial charge in [0.25, 0.3) is 0 Å². The van der Waals surface area contributed by atoms with Crippen LogP contribution in [0.5, 0.6) is 5.75 Å². The third kappa shape index (κ3) is 4.65. The van der Waals surface area contributed by atoms with Crippen molar-refractivity contribution in [1.82, 2.24) is 5.32 Å². The molecule has 1 aromatic carbocycles. The first kappa shape index (κ1) is 17.8. The Morgan fingerprint density at radius 3 is 2.00 bits per heavy atom. The lowest BCUT2D eigenvalue weighted by Crippen LogP contribution is -2.53. The van der Waals surface area contributed by atoms with Gasteiger partial charge in [0.15, 0.2) is 0 Å². The molecule has 22 heavy (non-hydrogen) atoms. The van der Waals surface area contributed by atoms with Gasteiger partial charge >= 0.3 is 12.1 Å². The molecule has 3 N–H and O–H groups in total. The lowest BCUT2D eigenvalue weighted by molar-refractivity contribution is -0.141. The van der Waals surface area contributed by atoms with Crippen LogP contribution in [-0.2, 0) is 14.9 Å². The molecule has 1 aromatic rings. The number of carbonyl (C=O) groups is 2. The number of carboxylic acid groups (broad SMARTS) is 1. The molecule has 122 valence electrons. The summed E-state index contributed by atoms with van der Waals surface area (Å²) in [6.07, 6.45) is -0.785. The molecule has 0 bridgehead atoms. The maximum atomic E-state index is 11.9. The maximum absolute atomic E-state index is 11.9. The van der Waals surface area contributed by atoms with Crippen molar-refractivity contribution in [3.63, 3.8) is 0 Å². The molecular weight excluding hydrogens is 286 g/mol. The lowest BCUT2D eigenvalue weighted by atomic mass is 9.77. The number of alkyl carbamates (subject to hydrolysis) is 1. The zero-order valence-electron chi connectivity index (χ0n) is 13.5. The van der Waals surface area contributed by atoms with Crippen molar-refractivity contribution in [1.29, 1.82) is 0 Å². The fourth-order valence-corrected chi connectivity index (χ4v) is 2.03. The number of phenolic OH excluding ortho intramolecular Hbond substituents is 1. The fraction of sp³-hybridized carbons (Fsp3) is 0.500. The monoisotopic (exact) mass is 309 g/mol. The molecular formula is C16H23NO5. The maximum Gasteiger partial charge on any atom is 0.408 e. The lowest BCUT2D eigenvalue weighted by Gasteiger charge is -2.33. The van der Waals surface area contributed by atoms with Gasteiger partial charge in [0.2, 0.25) is 0 Å². The average molecular weight is 309 g/mol. The summed E-state index contributed by atoms with van der Waals surface area (Å²) >= 11 is 0. The van der Waals surface area contributed by atoms with Crippen molar-refractivity contribution in [3.05, 3.63) is 29.8 Å². The summed E-state index contributed by atoms with van der Waals surface area (Å²) in [5, 5.41) is 21.2. The molecule has 6 nitrogen and oxygen atoms in total. The number of hydrogen-bond acceptors (Lipinski definition) is 4. The highest BCUT2D eigenvalue weighted by atomic mass is 16.6. The van der Waals surface area contributed by atoms with Crippen molar-refractivity contribution in [2.45, 2.75) is 51.7 Å². The number of aromatic hydroxyl groups is 1. The molecule has 0 fully saturated rings. The molecule has 0 aliphatic carbocycles. The first-order valence-corrected chi connectivity index (χ1v) is 6.95. The van der Waals surface area contributed by atoms with Gasteiger partial charge in [0, 0.05) is 5.41 Å². The number of nitrogens with one attached hydrogen (secondary N) is 1.